The second-order valence-corrected chi connectivity index (χ2v) is 8.99. The molecule has 1 aliphatic heterocycles. The van der Waals surface area contributed by atoms with Crippen molar-refractivity contribution in [3.05, 3.63) is 74.8 Å². The second-order valence-electron chi connectivity index (χ2n) is 8.01. The highest BCUT2D eigenvalue weighted by Gasteiger charge is 2.41. The molecular formula is C24H26N2O3S. The first kappa shape index (κ1) is 20.4. The summed E-state index contributed by atoms with van der Waals surface area (Å²) in [5, 5.41) is 5.35. The van der Waals surface area contributed by atoms with Crippen molar-refractivity contribution in [3.8, 4) is 0 Å². The maximum Gasteiger partial charge on any atom is 0.336 e. The van der Waals surface area contributed by atoms with Gasteiger partial charge in [0, 0.05) is 48.0 Å². The zero-order chi connectivity index (χ0) is 21.4. The van der Waals surface area contributed by atoms with Crippen molar-refractivity contribution in [2.24, 2.45) is 0 Å². The summed E-state index contributed by atoms with van der Waals surface area (Å²) in [6.45, 7) is 1.89. The number of Topliss-reactive ketones (excluding diaryl/α,β-unsaturated/α-hetero) is 1. The summed E-state index contributed by atoms with van der Waals surface area (Å²) in [6, 6.07) is 12.3. The molecule has 0 spiro atoms. The van der Waals surface area contributed by atoms with Gasteiger partial charge >= 0.3 is 5.97 Å². The van der Waals surface area contributed by atoms with E-state index in [9.17, 15) is 9.59 Å². The molecule has 5 nitrogen and oxygen atoms in total. The Morgan fingerprint density at radius 2 is 1.90 bits per heavy atom. The lowest BCUT2D eigenvalue weighted by Crippen LogP contribution is -2.35. The van der Waals surface area contributed by atoms with Crippen LogP contribution >= 0.6 is 11.3 Å². The summed E-state index contributed by atoms with van der Waals surface area (Å²) >= 11 is 1.56. The zero-order valence-electron chi connectivity index (χ0n) is 17.7. The van der Waals surface area contributed by atoms with Crippen LogP contribution in [0.4, 0.5) is 5.69 Å². The summed E-state index contributed by atoms with van der Waals surface area (Å²) < 4.78 is 5.05. The number of nitrogens with one attached hydrogen (secondary N) is 1. The molecule has 1 aliphatic carbocycles. The molecule has 0 saturated carbocycles. The van der Waals surface area contributed by atoms with Crippen LogP contribution in [0.25, 0.3) is 0 Å². The van der Waals surface area contributed by atoms with Gasteiger partial charge in [-0.1, -0.05) is 18.2 Å². The van der Waals surface area contributed by atoms with Crippen LogP contribution in [0.2, 0.25) is 0 Å². The lowest BCUT2D eigenvalue weighted by molar-refractivity contribution is -0.136. The average molecular weight is 423 g/mol. The predicted molar refractivity (Wildman–Crippen MR) is 120 cm³/mol. The van der Waals surface area contributed by atoms with E-state index < -0.39 is 0 Å². The molecule has 1 aromatic carbocycles. The highest BCUT2D eigenvalue weighted by atomic mass is 32.1. The number of hydrogen-bond acceptors (Lipinski definition) is 6. The Labute approximate surface area is 181 Å². The number of rotatable bonds is 4. The molecule has 2 atom stereocenters. The third kappa shape index (κ3) is 3.56. The van der Waals surface area contributed by atoms with Gasteiger partial charge in [0.15, 0.2) is 5.78 Å². The van der Waals surface area contributed by atoms with E-state index in [1.807, 2.05) is 38.5 Å². The molecule has 2 aromatic rings. The second kappa shape index (κ2) is 8.11. The minimum absolute atomic E-state index is 0.0951. The highest BCUT2D eigenvalue weighted by molar-refractivity contribution is 7.10. The number of nitrogens with zero attached hydrogens (tertiary/aromatic N) is 1. The molecule has 0 saturated heterocycles. The molecule has 2 heterocycles. The van der Waals surface area contributed by atoms with Gasteiger partial charge < -0.3 is 15.0 Å². The topological polar surface area (TPSA) is 58.6 Å². The van der Waals surface area contributed by atoms with Crippen molar-refractivity contribution in [2.75, 3.05) is 26.1 Å². The number of esters is 1. The Morgan fingerprint density at radius 1 is 1.17 bits per heavy atom. The molecule has 30 heavy (non-hydrogen) atoms. The Bertz CT molecular complexity index is 1030. The van der Waals surface area contributed by atoms with Crippen LogP contribution in [0.15, 0.2) is 64.3 Å². The fourth-order valence-electron chi connectivity index (χ4n) is 4.44. The quantitative estimate of drug-likeness (QED) is 0.743. The number of carbonyl (C=O) groups is 2. The first-order chi connectivity index (χ1) is 14.4. The van der Waals surface area contributed by atoms with Gasteiger partial charge in [0.05, 0.1) is 18.6 Å². The van der Waals surface area contributed by atoms with Gasteiger partial charge in [0.1, 0.15) is 0 Å². The molecule has 0 fully saturated rings. The first-order valence-electron chi connectivity index (χ1n) is 10.0. The average Bonchev–Trinajstić information content (AvgIpc) is 3.26. The Morgan fingerprint density at radius 3 is 2.50 bits per heavy atom. The smallest absolute Gasteiger partial charge is 0.336 e. The monoisotopic (exact) mass is 422 g/mol. The maximum absolute atomic E-state index is 13.4. The number of carbonyl (C=O) groups excluding carboxylic acids is 2. The van der Waals surface area contributed by atoms with E-state index in [1.165, 1.54) is 7.11 Å². The Kier molecular flexibility index (Phi) is 5.52. The number of thiophene rings is 1. The van der Waals surface area contributed by atoms with Crippen LogP contribution < -0.4 is 10.2 Å². The number of anilines is 1. The number of ether oxygens (including phenoxy) is 1. The van der Waals surface area contributed by atoms with Crippen LogP contribution in [0.5, 0.6) is 0 Å². The number of allylic oxidation sites excluding steroid dienone is 3. The normalized spacial score (nSPS) is 21.3. The van der Waals surface area contributed by atoms with Gasteiger partial charge in [0.2, 0.25) is 0 Å². The Hall–Kier alpha value is -2.86. The van der Waals surface area contributed by atoms with Crippen molar-refractivity contribution in [3.63, 3.8) is 0 Å². The molecule has 1 N–H and O–H groups in total. The van der Waals surface area contributed by atoms with Crippen LogP contribution in [0.3, 0.4) is 0 Å². The van der Waals surface area contributed by atoms with E-state index >= 15 is 0 Å². The molecule has 0 unspecified atom stereocenters. The fourth-order valence-corrected chi connectivity index (χ4v) is 5.28. The molecule has 1 aromatic heterocycles. The number of dihydropyridines is 1. The van der Waals surface area contributed by atoms with Gasteiger partial charge in [-0.2, -0.15) is 0 Å². The summed E-state index contributed by atoms with van der Waals surface area (Å²) in [5.74, 6) is -0.536. The van der Waals surface area contributed by atoms with Gasteiger partial charge in [-0.05, 0) is 48.4 Å². The molecular weight excluding hydrogens is 396 g/mol. The van der Waals surface area contributed by atoms with E-state index in [0.29, 0.717) is 17.6 Å². The fraction of sp³-hybridized carbons (Fsp3) is 0.333. The molecule has 2 aliphatic rings. The summed E-state index contributed by atoms with van der Waals surface area (Å²) in [7, 11) is 5.41. The standard InChI is InChI=1S/C24H26N2O3S/c1-14-21(24(28)29-4)23(20-6-5-11-30-20)22-18(25-14)12-16(13-19(22)27)15-7-9-17(10-8-15)26(2)3/h5-11,16,23,25H,12-13H2,1-4H3/t16-,23-/m1/s1. The molecule has 4 rings (SSSR count). The summed E-state index contributed by atoms with van der Waals surface area (Å²) in [5.41, 5.74) is 5.23. The van der Waals surface area contributed by atoms with Crippen molar-refractivity contribution in [1.82, 2.24) is 5.32 Å². The zero-order valence-corrected chi connectivity index (χ0v) is 18.5. The SMILES string of the molecule is COC(=O)C1=C(C)NC2=C(C(=O)C[C@H](c3ccc(N(C)C)cc3)C2)[C@@H]1c1cccs1. The lowest BCUT2D eigenvalue weighted by Gasteiger charge is -2.36. The van der Waals surface area contributed by atoms with Crippen LogP contribution in [-0.2, 0) is 14.3 Å². The molecule has 0 radical (unpaired) electrons. The van der Waals surface area contributed by atoms with Gasteiger partial charge in [0.25, 0.3) is 0 Å². The molecule has 0 bridgehead atoms. The molecule has 6 heteroatoms. The van der Waals surface area contributed by atoms with Crippen molar-refractivity contribution >= 4 is 28.8 Å². The van der Waals surface area contributed by atoms with Crippen molar-refractivity contribution in [1.29, 1.82) is 0 Å². The summed E-state index contributed by atoms with van der Waals surface area (Å²) in [4.78, 5) is 29.0. The number of hydrogen-bond donors (Lipinski definition) is 1. The van der Waals surface area contributed by atoms with Gasteiger partial charge in [-0.25, -0.2) is 4.79 Å². The predicted octanol–water partition coefficient (Wildman–Crippen LogP) is 4.35. The minimum atomic E-state index is -0.390. The highest BCUT2D eigenvalue weighted by Crippen LogP contribution is 2.46. The largest absolute Gasteiger partial charge is 0.466 e. The molecule has 0 amide bonds. The van der Waals surface area contributed by atoms with E-state index in [1.54, 1.807) is 11.3 Å². The van der Waals surface area contributed by atoms with Gasteiger partial charge in [-0.3, -0.25) is 4.79 Å². The maximum atomic E-state index is 13.4. The lowest BCUT2D eigenvalue weighted by atomic mass is 9.73. The number of ketones is 1. The van der Waals surface area contributed by atoms with Gasteiger partial charge in [-0.15, -0.1) is 11.3 Å². The van der Waals surface area contributed by atoms with E-state index in [2.05, 4.69) is 34.5 Å². The third-order valence-corrected chi connectivity index (χ3v) is 6.88. The number of benzene rings is 1. The van der Waals surface area contributed by atoms with Crippen LogP contribution in [-0.4, -0.2) is 33.0 Å². The third-order valence-electron chi connectivity index (χ3n) is 5.94. The van der Waals surface area contributed by atoms with E-state index in [-0.39, 0.29) is 23.6 Å². The Balaban J connectivity index is 1.72. The first-order valence-corrected chi connectivity index (χ1v) is 10.9. The number of methoxy groups -OCH3 is 1. The van der Waals surface area contributed by atoms with Crippen LogP contribution in [0.1, 0.15) is 42.0 Å². The van der Waals surface area contributed by atoms with Crippen LogP contribution in [0, 0.1) is 0 Å². The minimum Gasteiger partial charge on any atom is -0.466 e. The van der Waals surface area contributed by atoms with Crippen molar-refractivity contribution in [2.45, 2.75) is 31.6 Å². The van der Waals surface area contributed by atoms with Crippen molar-refractivity contribution < 1.29 is 14.3 Å². The molecule has 156 valence electrons. The van der Waals surface area contributed by atoms with E-state index in [0.717, 1.165) is 33.9 Å². The summed E-state index contributed by atoms with van der Waals surface area (Å²) in [6.07, 6.45) is 1.19. The van der Waals surface area contributed by atoms with E-state index in [4.69, 9.17) is 4.74 Å².